The molecule has 0 atom stereocenters. The summed E-state index contributed by atoms with van der Waals surface area (Å²) >= 11 is 0. The Bertz CT molecular complexity index is 379. The van der Waals surface area contributed by atoms with Gasteiger partial charge in [-0.1, -0.05) is 50.1 Å². The fourth-order valence-electron chi connectivity index (χ4n) is 2.76. The Hall–Kier alpha value is -1.31. The molecule has 17 heavy (non-hydrogen) atoms. The maximum Gasteiger partial charge on any atom is 0.228 e. The molecule has 1 aromatic rings. The van der Waals surface area contributed by atoms with Crippen LogP contribution < -0.4 is 0 Å². The standard InChI is InChI=1S/C15H21NO/c1-15(10-6-7-11-15)14(17)16(2)12-13-8-4-3-5-9-13/h3-5,8-9H,6-7,10-12H2,1-2H3. The largest absolute Gasteiger partial charge is 0.341 e. The zero-order chi connectivity index (χ0) is 12.3. The van der Waals surface area contributed by atoms with Crippen LogP contribution in [-0.2, 0) is 11.3 Å². The van der Waals surface area contributed by atoms with Gasteiger partial charge in [-0.15, -0.1) is 0 Å². The molecule has 0 radical (unpaired) electrons. The molecule has 2 heteroatoms. The van der Waals surface area contributed by atoms with E-state index in [-0.39, 0.29) is 5.41 Å². The topological polar surface area (TPSA) is 20.3 Å². The van der Waals surface area contributed by atoms with E-state index in [0.29, 0.717) is 5.91 Å². The van der Waals surface area contributed by atoms with Gasteiger partial charge in [-0.05, 0) is 18.4 Å². The normalized spacial score (nSPS) is 18.0. The van der Waals surface area contributed by atoms with Crippen LogP contribution in [0.5, 0.6) is 0 Å². The third-order valence-corrected chi connectivity index (χ3v) is 3.83. The zero-order valence-electron chi connectivity index (χ0n) is 10.8. The highest BCUT2D eigenvalue weighted by atomic mass is 16.2. The van der Waals surface area contributed by atoms with Crippen molar-refractivity contribution in [2.45, 2.75) is 39.2 Å². The van der Waals surface area contributed by atoms with Crippen molar-refractivity contribution in [3.63, 3.8) is 0 Å². The molecule has 0 N–H and O–H groups in total. The molecule has 0 bridgehead atoms. The highest BCUT2D eigenvalue weighted by Crippen LogP contribution is 2.39. The van der Waals surface area contributed by atoms with Gasteiger partial charge in [0.2, 0.25) is 5.91 Å². The molecule has 2 rings (SSSR count). The molecule has 2 nitrogen and oxygen atoms in total. The van der Waals surface area contributed by atoms with Crippen molar-refractivity contribution in [3.05, 3.63) is 35.9 Å². The summed E-state index contributed by atoms with van der Waals surface area (Å²) in [5.74, 6) is 0.304. The molecule has 0 saturated heterocycles. The van der Waals surface area contributed by atoms with Gasteiger partial charge in [-0.2, -0.15) is 0 Å². The van der Waals surface area contributed by atoms with Gasteiger partial charge in [0.15, 0.2) is 0 Å². The Labute approximate surface area is 104 Å². The molecule has 1 saturated carbocycles. The van der Waals surface area contributed by atoms with Gasteiger partial charge in [0, 0.05) is 19.0 Å². The third kappa shape index (κ3) is 2.68. The van der Waals surface area contributed by atoms with Gasteiger partial charge < -0.3 is 4.90 Å². The van der Waals surface area contributed by atoms with Crippen molar-refractivity contribution in [1.82, 2.24) is 4.90 Å². The maximum atomic E-state index is 12.4. The number of benzene rings is 1. The molecule has 0 heterocycles. The van der Waals surface area contributed by atoms with Gasteiger partial charge in [-0.3, -0.25) is 4.79 Å². The van der Waals surface area contributed by atoms with Crippen molar-refractivity contribution in [1.29, 1.82) is 0 Å². The molecule has 92 valence electrons. The van der Waals surface area contributed by atoms with Crippen molar-refractivity contribution in [3.8, 4) is 0 Å². The van der Waals surface area contributed by atoms with Crippen LogP contribution >= 0.6 is 0 Å². The van der Waals surface area contributed by atoms with E-state index in [4.69, 9.17) is 0 Å². The van der Waals surface area contributed by atoms with E-state index in [1.165, 1.54) is 18.4 Å². The molecule has 1 fully saturated rings. The lowest BCUT2D eigenvalue weighted by Gasteiger charge is -2.29. The molecule has 0 unspecified atom stereocenters. The van der Waals surface area contributed by atoms with E-state index >= 15 is 0 Å². The van der Waals surface area contributed by atoms with E-state index < -0.39 is 0 Å². The average Bonchev–Trinajstić information content (AvgIpc) is 2.78. The monoisotopic (exact) mass is 231 g/mol. The first-order valence-electron chi connectivity index (χ1n) is 6.41. The van der Waals surface area contributed by atoms with Crippen LogP contribution in [0.1, 0.15) is 38.2 Å². The molecule has 0 aliphatic heterocycles. The first kappa shape index (κ1) is 12.2. The second kappa shape index (κ2) is 4.91. The molecular formula is C15H21NO. The molecule has 1 aliphatic rings. The lowest BCUT2D eigenvalue weighted by Crippen LogP contribution is -2.38. The highest BCUT2D eigenvalue weighted by Gasteiger charge is 2.37. The molecule has 0 aromatic heterocycles. The van der Waals surface area contributed by atoms with E-state index in [2.05, 4.69) is 19.1 Å². The summed E-state index contributed by atoms with van der Waals surface area (Å²) in [6.07, 6.45) is 4.48. The number of nitrogens with zero attached hydrogens (tertiary/aromatic N) is 1. The van der Waals surface area contributed by atoms with E-state index in [1.54, 1.807) is 0 Å². The van der Waals surface area contributed by atoms with Gasteiger partial charge in [0.05, 0.1) is 0 Å². The minimum Gasteiger partial charge on any atom is -0.341 e. The van der Waals surface area contributed by atoms with E-state index in [0.717, 1.165) is 19.4 Å². The van der Waals surface area contributed by atoms with Gasteiger partial charge in [-0.25, -0.2) is 0 Å². The summed E-state index contributed by atoms with van der Waals surface area (Å²) in [4.78, 5) is 14.3. The maximum absolute atomic E-state index is 12.4. The molecule has 1 aromatic carbocycles. The van der Waals surface area contributed by atoms with Crippen molar-refractivity contribution in [2.75, 3.05) is 7.05 Å². The number of carbonyl (C=O) groups excluding carboxylic acids is 1. The van der Waals surface area contributed by atoms with Gasteiger partial charge >= 0.3 is 0 Å². The summed E-state index contributed by atoms with van der Waals surface area (Å²) in [7, 11) is 1.92. The Balaban J connectivity index is 2.00. The number of amides is 1. The molecule has 0 spiro atoms. The fourth-order valence-corrected chi connectivity index (χ4v) is 2.76. The third-order valence-electron chi connectivity index (χ3n) is 3.83. The van der Waals surface area contributed by atoms with Crippen LogP contribution in [0, 0.1) is 5.41 Å². The first-order chi connectivity index (χ1) is 8.12. The van der Waals surface area contributed by atoms with Crippen molar-refractivity contribution in [2.24, 2.45) is 5.41 Å². The van der Waals surface area contributed by atoms with Gasteiger partial charge in [0.1, 0.15) is 0 Å². The zero-order valence-corrected chi connectivity index (χ0v) is 10.8. The number of hydrogen-bond acceptors (Lipinski definition) is 1. The Kier molecular flexibility index (Phi) is 3.51. The van der Waals surface area contributed by atoms with E-state index in [9.17, 15) is 4.79 Å². The Morgan fingerprint density at radius 2 is 1.82 bits per heavy atom. The van der Waals surface area contributed by atoms with Crippen LogP contribution in [0.3, 0.4) is 0 Å². The average molecular weight is 231 g/mol. The predicted octanol–water partition coefficient (Wildman–Crippen LogP) is 3.23. The number of hydrogen-bond donors (Lipinski definition) is 0. The summed E-state index contributed by atoms with van der Waals surface area (Å²) < 4.78 is 0. The smallest absolute Gasteiger partial charge is 0.228 e. The summed E-state index contributed by atoms with van der Waals surface area (Å²) in [5, 5.41) is 0. The minimum atomic E-state index is -0.108. The SMILES string of the molecule is CN(Cc1ccccc1)C(=O)C1(C)CCCC1. The summed E-state index contributed by atoms with van der Waals surface area (Å²) in [5.41, 5.74) is 1.09. The van der Waals surface area contributed by atoms with Crippen LogP contribution in [0.25, 0.3) is 0 Å². The number of rotatable bonds is 3. The highest BCUT2D eigenvalue weighted by molar-refractivity contribution is 5.82. The van der Waals surface area contributed by atoms with Crippen molar-refractivity contribution < 1.29 is 4.79 Å². The number of carbonyl (C=O) groups is 1. The van der Waals surface area contributed by atoms with Crippen LogP contribution in [-0.4, -0.2) is 17.9 Å². The van der Waals surface area contributed by atoms with Crippen LogP contribution in [0.4, 0.5) is 0 Å². The minimum absolute atomic E-state index is 0.108. The Morgan fingerprint density at radius 3 is 2.41 bits per heavy atom. The quantitative estimate of drug-likeness (QED) is 0.782. The summed E-state index contributed by atoms with van der Waals surface area (Å²) in [6.45, 7) is 2.83. The first-order valence-corrected chi connectivity index (χ1v) is 6.41. The molecule has 1 aliphatic carbocycles. The molecule has 1 amide bonds. The second-order valence-corrected chi connectivity index (χ2v) is 5.41. The lowest BCUT2D eigenvalue weighted by atomic mass is 9.87. The lowest BCUT2D eigenvalue weighted by molar-refractivity contribution is -0.140. The Morgan fingerprint density at radius 1 is 1.24 bits per heavy atom. The van der Waals surface area contributed by atoms with Crippen molar-refractivity contribution >= 4 is 5.91 Å². The summed E-state index contributed by atoms with van der Waals surface area (Å²) in [6, 6.07) is 10.2. The van der Waals surface area contributed by atoms with Crippen LogP contribution in [0.2, 0.25) is 0 Å². The van der Waals surface area contributed by atoms with Crippen LogP contribution in [0.15, 0.2) is 30.3 Å². The second-order valence-electron chi connectivity index (χ2n) is 5.41. The van der Waals surface area contributed by atoms with E-state index in [1.807, 2.05) is 30.1 Å². The predicted molar refractivity (Wildman–Crippen MR) is 69.5 cm³/mol. The van der Waals surface area contributed by atoms with Gasteiger partial charge in [0.25, 0.3) is 0 Å². The fraction of sp³-hybridized carbons (Fsp3) is 0.533. The molecular weight excluding hydrogens is 210 g/mol.